The van der Waals surface area contributed by atoms with Gasteiger partial charge >= 0.3 is 0 Å². The van der Waals surface area contributed by atoms with Gasteiger partial charge in [-0.05, 0) is 43.2 Å². The molecule has 2 nitrogen and oxygen atoms in total. The van der Waals surface area contributed by atoms with Gasteiger partial charge in [-0.25, -0.2) is 0 Å². The zero-order chi connectivity index (χ0) is 14.9. The molecule has 0 spiro atoms. The van der Waals surface area contributed by atoms with Gasteiger partial charge in [0.05, 0.1) is 6.10 Å². The van der Waals surface area contributed by atoms with Gasteiger partial charge in [-0.3, -0.25) is 4.79 Å². The summed E-state index contributed by atoms with van der Waals surface area (Å²) in [4.78, 5) is 12.1. The number of carbonyl (C=O) groups is 1. The van der Waals surface area contributed by atoms with Gasteiger partial charge in [0.25, 0.3) is 0 Å². The molecular weight excluding hydrogens is 260 g/mol. The van der Waals surface area contributed by atoms with Crippen molar-refractivity contribution in [3.63, 3.8) is 0 Å². The van der Waals surface area contributed by atoms with E-state index in [-0.39, 0.29) is 6.10 Å². The Morgan fingerprint density at radius 2 is 1.90 bits per heavy atom. The number of aryl methyl sites for hydroxylation is 1. The fourth-order valence-electron chi connectivity index (χ4n) is 2.93. The van der Waals surface area contributed by atoms with E-state index in [1.807, 2.05) is 0 Å². The maximum absolute atomic E-state index is 12.1. The highest BCUT2D eigenvalue weighted by molar-refractivity contribution is 5.81. The molecule has 1 aliphatic rings. The highest BCUT2D eigenvalue weighted by Gasteiger charge is 2.17. The molecule has 1 unspecified atom stereocenters. The van der Waals surface area contributed by atoms with Crippen molar-refractivity contribution >= 4 is 5.78 Å². The zero-order valence-corrected chi connectivity index (χ0v) is 13.3. The first-order chi connectivity index (χ1) is 10.3. The summed E-state index contributed by atoms with van der Waals surface area (Å²) in [7, 11) is 0. The number of hydrogen-bond acceptors (Lipinski definition) is 2. The molecule has 116 valence electrons. The summed E-state index contributed by atoms with van der Waals surface area (Å²) in [5.41, 5.74) is 2.52. The van der Waals surface area contributed by atoms with Crippen LogP contribution in [0, 0.1) is 0 Å². The Labute approximate surface area is 128 Å². The molecule has 0 N–H and O–H groups in total. The first-order valence-corrected chi connectivity index (χ1v) is 8.49. The Bertz CT molecular complexity index is 416. The van der Waals surface area contributed by atoms with Gasteiger partial charge in [0.1, 0.15) is 5.78 Å². The number of rotatable bonds is 8. The molecule has 1 fully saturated rings. The Kier molecular flexibility index (Phi) is 6.94. The first-order valence-electron chi connectivity index (χ1n) is 8.49. The number of hydrogen-bond donors (Lipinski definition) is 0. The lowest BCUT2D eigenvalue weighted by Crippen LogP contribution is -2.23. The Hall–Kier alpha value is -1.15. The highest BCUT2D eigenvalue weighted by Crippen LogP contribution is 2.17. The van der Waals surface area contributed by atoms with Crippen LogP contribution in [0.4, 0.5) is 0 Å². The molecule has 1 atom stereocenters. The molecule has 0 bridgehead atoms. The second kappa shape index (κ2) is 8.99. The van der Waals surface area contributed by atoms with Gasteiger partial charge in [0.15, 0.2) is 0 Å². The average Bonchev–Trinajstić information content (AvgIpc) is 2.50. The van der Waals surface area contributed by atoms with E-state index >= 15 is 0 Å². The number of ether oxygens (including phenoxy) is 1. The minimum absolute atomic E-state index is 0.166. The van der Waals surface area contributed by atoms with Gasteiger partial charge in [-0.1, -0.05) is 44.0 Å². The van der Waals surface area contributed by atoms with Crippen molar-refractivity contribution in [3.05, 3.63) is 35.4 Å². The molecular formula is C19H28O2. The van der Waals surface area contributed by atoms with Gasteiger partial charge < -0.3 is 4.74 Å². The van der Waals surface area contributed by atoms with Crippen molar-refractivity contribution in [3.8, 4) is 0 Å². The molecule has 0 aromatic heterocycles. The van der Waals surface area contributed by atoms with Crippen molar-refractivity contribution in [1.29, 1.82) is 0 Å². The molecule has 1 aliphatic heterocycles. The minimum Gasteiger partial charge on any atom is -0.378 e. The van der Waals surface area contributed by atoms with Crippen molar-refractivity contribution in [2.24, 2.45) is 0 Å². The maximum atomic E-state index is 12.1. The van der Waals surface area contributed by atoms with Gasteiger partial charge in [0.2, 0.25) is 0 Å². The molecule has 2 heteroatoms. The third-order valence-corrected chi connectivity index (χ3v) is 4.22. The summed E-state index contributed by atoms with van der Waals surface area (Å²) in [6.07, 6.45) is 9.65. The smallest absolute Gasteiger partial charge is 0.139 e. The Balaban J connectivity index is 1.75. The van der Waals surface area contributed by atoms with Gasteiger partial charge in [-0.15, -0.1) is 0 Å². The van der Waals surface area contributed by atoms with Crippen LogP contribution < -0.4 is 0 Å². The molecule has 0 aliphatic carbocycles. The SMILES string of the molecule is CCCCCc1ccc(CC(=O)CC2CCCCO2)cc1. The van der Waals surface area contributed by atoms with E-state index in [1.54, 1.807) is 0 Å². The molecule has 0 saturated carbocycles. The van der Waals surface area contributed by atoms with E-state index in [0.29, 0.717) is 18.6 Å². The molecule has 0 amide bonds. The van der Waals surface area contributed by atoms with Crippen molar-refractivity contribution < 1.29 is 9.53 Å². The van der Waals surface area contributed by atoms with E-state index in [9.17, 15) is 4.79 Å². The minimum atomic E-state index is 0.166. The standard InChI is InChI=1S/C19H28O2/c1-2-3-4-7-16-9-11-17(12-10-16)14-18(20)15-19-8-5-6-13-21-19/h9-12,19H,2-8,13-15H2,1H3. The van der Waals surface area contributed by atoms with Crippen molar-refractivity contribution in [2.45, 2.75) is 70.8 Å². The maximum Gasteiger partial charge on any atom is 0.139 e. The van der Waals surface area contributed by atoms with Crippen LogP contribution in [-0.2, 0) is 22.4 Å². The fourth-order valence-corrected chi connectivity index (χ4v) is 2.93. The zero-order valence-electron chi connectivity index (χ0n) is 13.3. The van der Waals surface area contributed by atoms with E-state index in [0.717, 1.165) is 31.4 Å². The Morgan fingerprint density at radius 1 is 1.14 bits per heavy atom. The number of benzene rings is 1. The van der Waals surface area contributed by atoms with Crippen LogP contribution in [0.1, 0.15) is 63.0 Å². The summed E-state index contributed by atoms with van der Waals surface area (Å²) in [5, 5.41) is 0. The number of Topliss-reactive ketones (excluding diaryl/α,β-unsaturated/α-hetero) is 1. The average molecular weight is 288 g/mol. The molecule has 1 aromatic carbocycles. The van der Waals surface area contributed by atoms with Crippen LogP contribution in [0.3, 0.4) is 0 Å². The largest absolute Gasteiger partial charge is 0.378 e. The summed E-state index contributed by atoms with van der Waals surface area (Å²) in [5.74, 6) is 0.306. The third kappa shape index (κ3) is 6.01. The molecule has 1 aromatic rings. The van der Waals surface area contributed by atoms with Crippen molar-refractivity contribution in [2.75, 3.05) is 6.61 Å². The first kappa shape index (κ1) is 16.2. The molecule has 1 saturated heterocycles. The summed E-state index contributed by atoms with van der Waals surface area (Å²) in [6.45, 7) is 3.05. The van der Waals surface area contributed by atoms with E-state index in [4.69, 9.17) is 4.74 Å². The van der Waals surface area contributed by atoms with Gasteiger partial charge in [-0.2, -0.15) is 0 Å². The van der Waals surface area contributed by atoms with Crippen LogP contribution in [0.25, 0.3) is 0 Å². The normalized spacial score (nSPS) is 18.6. The third-order valence-electron chi connectivity index (χ3n) is 4.22. The van der Waals surface area contributed by atoms with Crippen LogP contribution in [0.2, 0.25) is 0 Å². The molecule has 0 radical (unpaired) electrons. The van der Waals surface area contributed by atoms with Crippen molar-refractivity contribution in [1.82, 2.24) is 0 Å². The van der Waals surface area contributed by atoms with E-state index in [1.165, 1.54) is 31.2 Å². The second-order valence-corrected chi connectivity index (χ2v) is 6.18. The summed E-state index contributed by atoms with van der Waals surface area (Å²) in [6, 6.07) is 8.58. The highest BCUT2D eigenvalue weighted by atomic mass is 16.5. The number of ketones is 1. The Morgan fingerprint density at radius 3 is 2.57 bits per heavy atom. The number of unbranched alkanes of at least 4 members (excludes halogenated alkanes) is 2. The predicted octanol–water partition coefficient (Wildman–Crippen LogP) is 4.49. The van der Waals surface area contributed by atoms with Crippen LogP contribution in [0.5, 0.6) is 0 Å². The lowest BCUT2D eigenvalue weighted by atomic mass is 9.99. The lowest BCUT2D eigenvalue weighted by molar-refractivity contribution is -0.122. The monoisotopic (exact) mass is 288 g/mol. The second-order valence-electron chi connectivity index (χ2n) is 6.18. The van der Waals surface area contributed by atoms with E-state index in [2.05, 4.69) is 31.2 Å². The quantitative estimate of drug-likeness (QED) is 0.659. The van der Waals surface area contributed by atoms with Crippen LogP contribution in [-0.4, -0.2) is 18.5 Å². The van der Waals surface area contributed by atoms with Gasteiger partial charge in [0, 0.05) is 19.4 Å². The number of carbonyl (C=O) groups excluding carboxylic acids is 1. The predicted molar refractivity (Wildman–Crippen MR) is 86.6 cm³/mol. The summed E-state index contributed by atoms with van der Waals surface area (Å²) >= 11 is 0. The fraction of sp³-hybridized carbons (Fsp3) is 0.632. The van der Waals surface area contributed by atoms with Crippen LogP contribution >= 0.6 is 0 Å². The molecule has 21 heavy (non-hydrogen) atoms. The molecule has 2 rings (SSSR count). The van der Waals surface area contributed by atoms with E-state index < -0.39 is 0 Å². The summed E-state index contributed by atoms with van der Waals surface area (Å²) < 4.78 is 5.64. The molecule has 1 heterocycles. The topological polar surface area (TPSA) is 26.3 Å². The lowest BCUT2D eigenvalue weighted by Gasteiger charge is -2.21. The van der Waals surface area contributed by atoms with Crippen LogP contribution in [0.15, 0.2) is 24.3 Å².